The number of nitrogens with zero attached hydrogens (tertiary/aromatic N) is 1. The average molecular weight is 352 g/mol. The van der Waals surface area contributed by atoms with Gasteiger partial charge in [-0.1, -0.05) is 26.3 Å². The Kier molecular flexibility index (Phi) is 6.51. The molecule has 0 aromatic carbocycles. The fourth-order valence-corrected chi connectivity index (χ4v) is 2.88. The third-order valence-corrected chi connectivity index (χ3v) is 4.65. The summed E-state index contributed by atoms with van der Waals surface area (Å²) in [5.74, 6) is -2.22. The number of hydrogen-bond donors (Lipinski definition) is 1. The van der Waals surface area contributed by atoms with Crippen molar-refractivity contribution in [1.82, 2.24) is 5.32 Å². The number of aliphatic imine (C=N–C) groups is 1. The molecule has 1 unspecified atom stereocenters. The highest BCUT2D eigenvalue weighted by atomic mass is 19.3. The summed E-state index contributed by atoms with van der Waals surface area (Å²) in [6.07, 6.45) is 7.56. The highest BCUT2D eigenvalue weighted by molar-refractivity contribution is 6.41. The standard InChI is InChI=1S/C19H26F2N2O2/c1-13-12-15(13)6-4-5-10-19(20,21)17-18(24)22-11-9-16(25-3)8-7-14(2)23-17/h7-9,13,15H,2,4-6,10-12H2,1,3H3,(H,22,24)/b8-7-,16-9+,23-17?/t13?,15-/m1/s1. The molecule has 1 aliphatic carbocycles. The number of unbranched alkanes of at least 4 members (excludes halogenated alkanes) is 1. The van der Waals surface area contributed by atoms with Gasteiger partial charge in [0.25, 0.3) is 11.8 Å². The van der Waals surface area contributed by atoms with Gasteiger partial charge in [0, 0.05) is 13.0 Å². The minimum atomic E-state index is -3.27. The zero-order valence-corrected chi connectivity index (χ0v) is 14.9. The lowest BCUT2D eigenvalue weighted by Crippen LogP contribution is -2.42. The van der Waals surface area contributed by atoms with E-state index in [1.807, 2.05) is 0 Å². The largest absolute Gasteiger partial charge is 0.497 e. The van der Waals surface area contributed by atoms with Crippen molar-refractivity contribution >= 4 is 11.6 Å². The molecule has 2 aliphatic rings. The first-order chi connectivity index (χ1) is 11.8. The maximum absolute atomic E-state index is 14.5. The highest BCUT2D eigenvalue weighted by Gasteiger charge is 2.40. The molecule has 0 saturated heterocycles. The molecule has 0 aromatic heterocycles. The molecule has 0 bridgehead atoms. The van der Waals surface area contributed by atoms with Crippen LogP contribution in [0.2, 0.25) is 0 Å². The Bertz CT molecular complexity index is 609. The van der Waals surface area contributed by atoms with Gasteiger partial charge in [-0.25, -0.2) is 4.99 Å². The number of ether oxygens (including phenoxy) is 1. The van der Waals surface area contributed by atoms with Gasteiger partial charge >= 0.3 is 0 Å². The van der Waals surface area contributed by atoms with Crippen molar-refractivity contribution in [2.45, 2.75) is 45.0 Å². The van der Waals surface area contributed by atoms with E-state index in [9.17, 15) is 13.6 Å². The van der Waals surface area contributed by atoms with E-state index in [-0.39, 0.29) is 18.7 Å². The van der Waals surface area contributed by atoms with Gasteiger partial charge < -0.3 is 10.1 Å². The first-order valence-electron chi connectivity index (χ1n) is 8.70. The van der Waals surface area contributed by atoms with Crippen LogP contribution >= 0.6 is 0 Å². The molecule has 0 radical (unpaired) electrons. The number of rotatable bonds is 7. The summed E-state index contributed by atoms with van der Waals surface area (Å²) in [4.78, 5) is 15.9. The van der Waals surface area contributed by atoms with Gasteiger partial charge in [0.05, 0.1) is 12.8 Å². The minimum absolute atomic E-state index is 0.0847. The Balaban J connectivity index is 2.02. The van der Waals surface area contributed by atoms with Gasteiger partial charge in [0.1, 0.15) is 5.76 Å². The van der Waals surface area contributed by atoms with Crippen LogP contribution in [-0.4, -0.2) is 31.2 Å². The highest BCUT2D eigenvalue weighted by Crippen LogP contribution is 2.42. The van der Waals surface area contributed by atoms with E-state index in [0.29, 0.717) is 18.1 Å². The Hall–Kier alpha value is -1.98. The van der Waals surface area contributed by atoms with E-state index in [2.05, 4.69) is 23.8 Å². The molecule has 1 aliphatic heterocycles. The fraction of sp³-hybridized carbons (Fsp3) is 0.579. The van der Waals surface area contributed by atoms with Crippen LogP contribution < -0.4 is 5.32 Å². The number of nitrogens with one attached hydrogen (secondary N) is 1. The van der Waals surface area contributed by atoms with Crippen LogP contribution in [0.1, 0.15) is 39.0 Å². The third kappa shape index (κ3) is 5.80. The van der Waals surface area contributed by atoms with Crippen molar-refractivity contribution in [2.75, 3.05) is 13.7 Å². The lowest BCUT2D eigenvalue weighted by Gasteiger charge is -2.19. The number of carbonyl (C=O) groups excluding carboxylic acids is 1. The zero-order valence-electron chi connectivity index (χ0n) is 14.9. The number of carbonyl (C=O) groups is 1. The van der Waals surface area contributed by atoms with Gasteiger partial charge in [0.2, 0.25) is 0 Å². The molecule has 1 saturated carbocycles. The summed E-state index contributed by atoms with van der Waals surface area (Å²) in [5.41, 5.74) is -0.683. The van der Waals surface area contributed by atoms with Crippen molar-refractivity contribution < 1.29 is 18.3 Å². The number of halogens is 2. The first-order valence-corrected chi connectivity index (χ1v) is 8.70. The second-order valence-electron chi connectivity index (χ2n) is 6.73. The van der Waals surface area contributed by atoms with Gasteiger partial charge in [-0.3, -0.25) is 4.79 Å². The van der Waals surface area contributed by atoms with Crippen LogP contribution in [-0.2, 0) is 9.53 Å². The Morgan fingerprint density at radius 3 is 2.76 bits per heavy atom. The molecule has 0 aromatic rings. The van der Waals surface area contributed by atoms with E-state index in [1.165, 1.54) is 19.6 Å². The zero-order chi connectivity index (χ0) is 18.4. The van der Waals surface area contributed by atoms with Crippen LogP contribution in [0.15, 0.2) is 41.3 Å². The van der Waals surface area contributed by atoms with E-state index in [1.54, 1.807) is 12.2 Å². The van der Waals surface area contributed by atoms with Crippen molar-refractivity contribution in [1.29, 1.82) is 0 Å². The SMILES string of the molecule is C=C1/C=C\C(OC)=C/CNC(=O)C(C(F)(F)CCCC[C@@H]2CC2C)=N1. The van der Waals surface area contributed by atoms with Crippen LogP contribution in [0.5, 0.6) is 0 Å². The Morgan fingerprint density at radius 2 is 2.12 bits per heavy atom. The monoisotopic (exact) mass is 352 g/mol. The summed E-state index contributed by atoms with van der Waals surface area (Å²) in [5, 5.41) is 2.44. The molecule has 25 heavy (non-hydrogen) atoms. The molecule has 2 atom stereocenters. The third-order valence-electron chi connectivity index (χ3n) is 4.65. The molecule has 1 N–H and O–H groups in total. The molecule has 1 amide bonds. The molecule has 1 heterocycles. The number of hydrogen-bond acceptors (Lipinski definition) is 3. The Morgan fingerprint density at radius 1 is 1.40 bits per heavy atom. The topological polar surface area (TPSA) is 50.7 Å². The van der Waals surface area contributed by atoms with Crippen molar-refractivity contribution in [2.24, 2.45) is 16.8 Å². The van der Waals surface area contributed by atoms with E-state index in [0.717, 1.165) is 18.8 Å². The summed E-state index contributed by atoms with van der Waals surface area (Å²) < 4.78 is 34.2. The molecular formula is C19H26F2N2O2. The lowest BCUT2D eigenvalue weighted by molar-refractivity contribution is -0.116. The van der Waals surface area contributed by atoms with Gasteiger partial charge in [-0.05, 0) is 42.9 Å². The molecule has 138 valence electrons. The molecule has 4 nitrogen and oxygen atoms in total. The smallest absolute Gasteiger partial charge is 0.295 e. The molecule has 0 spiro atoms. The quantitative estimate of drug-likeness (QED) is 0.704. The summed E-state index contributed by atoms with van der Waals surface area (Å²) in [6.45, 7) is 5.89. The maximum atomic E-state index is 14.5. The van der Waals surface area contributed by atoms with E-state index < -0.39 is 17.5 Å². The second kappa shape index (κ2) is 8.41. The fourth-order valence-electron chi connectivity index (χ4n) is 2.88. The van der Waals surface area contributed by atoms with Gasteiger partial charge in [0.15, 0.2) is 5.71 Å². The summed E-state index contributed by atoms with van der Waals surface area (Å²) >= 11 is 0. The van der Waals surface area contributed by atoms with Crippen molar-refractivity contribution in [3.63, 3.8) is 0 Å². The maximum Gasteiger partial charge on any atom is 0.295 e. The van der Waals surface area contributed by atoms with E-state index >= 15 is 0 Å². The van der Waals surface area contributed by atoms with Crippen molar-refractivity contribution in [3.05, 3.63) is 36.3 Å². The Labute approximate surface area is 147 Å². The van der Waals surface area contributed by atoms with Gasteiger partial charge in [-0.15, -0.1) is 0 Å². The molecule has 2 rings (SSSR count). The lowest BCUT2D eigenvalue weighted by atomic mass is 10.0. The van der Waals surface area contributed by atoms with Crippen LogP contribution in [0.3, 0.4) is 0 Å². The minimum Gasteiger partial charge on any atom is -0.497 e. The summed E-state index contributed by atoms with van der Waals surface area (Å²) in [6, 6.07) is 0. The normalized spacial score (nSPS) is 27.7. The van der Waals surface area contributed by atoms with Gasteiger partial charge in [-0.2, -0.15) is 8.78 Å². The molecular weight excluding hydrogens is 326 g/mol. The van der Waals surface area contributed by atoms with Crippen molar-refractivity contribution in [3.8, 4) is 0 Å². The first kappa shape index (κ1) is 19.3. The van der Waals surface area contributed by atoms with E-state index in [4.69, 9.17) is 4.74 Å². The molecule has 1 fully saturated rings. The second-order valence-corrected chi connectivity index (χ2v) is 6.73. The molecule has 6 heteroatoms. The number of methoxy groups -OCH3 is 1. The predicted octanol–water partition coefficient (Wildman–Crippen LogP) is 4.01. The summed E-state index contributed by atoms with van der Waals surface area (Å²) in [7, 11) is 1.48. The van der Waals surface area contributed by atoms with Crippen LogP contribution in [0.25, 0.3) is 0 Å². The average Bonchev–Trinajstić information content (AvgIpc) is 3.27. The number of amides is 1. The van der Waals surface area contributed by atoms with Crippen LogP contribution in [0, 0.1) is 11.8 Å². The number of allylic oxidation sites excluding steroid dienone is 2. The van der Waals surface area contributed by atoms with Crippen LogP contribution in [0.4, 0.5) is 8.78 Å². The number of alkyl halides is 2. The predicted molar refractivity (Wildman–Crippen MR) is 94.5 cm³/mol.